The lowest BCUT2D eigenvalue weighted by molar-refractivity contribution is -0.160. The third-order valence-electron chi connectivity index (χ3n) is 6.07. The van der Waals surface area contributed by atoms with Gasteiger partial charge in [0.25, 0.3) is 0 Å². The van der Waals surface area contributed by atoms with E-state index in [4.69, 9.17) is 9.47 Å². The monoisotopic (exact) mass is 394 g/mol. The van der Waals surface area contributed by atoms with Crippen LogP contribution in [-0.2, 0) is 14.9 Å². The summed E-state index contributed by atoms with van der Waals surface area (Å²) in [5.41, 5.74) is 0.743. The smallest absolute Gasteiger partial charge is 0.311 e. The number of ketones is 1. The number of carbonyl (C=O) groups excluding carboxylic acids is 2. The Balaban J connectivity index is 2.23. The first-order valence-electron chi connectivity index (χ1n) is 8.25. The fraction of sp³-hybridized carbons (Fsp3) is 0.579. The number of methoxy groups -OCH3 is 2. The summed E-state index contributed by atoms with van der Waals surface area (Å²) in [7, 11) is 3.04. The van der Waals surface area contributed by atoms with E-state index in [1.54, 1.807) is 7.11 Å². The van der Waals surface area contributed by atoms with Gasteiger partial charge in [0.05, 0.1) is 24.5 Å². The van der Waals surface area contributed by atoms with Crippen molar-refractivity contribution in [2.24, 2.45) is 11.3 Å². The van der Waals surface area contributed by atoms with Gasteiger partial charge in [-0.15, -0.1) is 0 Å². The lowest BCUT2D eigenvalue weighted by Gasteiger charge is -2.55. The van der Waals surface area contributed by atoms with Crippen LogP contribution in [0.1, 0.15) is 49.0 Å². The maximum Gasteiger partial charge on any atom is 0.311 e. The molecule has 0 aliphatic heterocycles. The van der Waals surface area contributed by atoms with Crippen molar-refractivity contribution < 1.29 is 19.1 Å². The number of esters is 1. The van der Waals surface area contributed by atoms with Crippen LogP contribution in [0.15, 0.2) is 18.2 Å². The fourth-order valence-electron chi connectivity index (χ4n) is 4.88. The molecule has 1 aromatic carbocycles. The summed E-state index contributed by atoms with van der Waals surface area (Å²) in [5, 5.41) is 0. The summed E-state index contributed by atoms with van der Waals surface area (Å²) in [4.78, 5) is 25.2. The molecule has 0 aromatic heterocycles. The number of hydrogen-bond donors (Lipinski definition) is 0. The molecule has 1 fully saturated rings. The highest BCUT2D eigenvalue weighted by Crippen LogP contribution is 2.59. The van der Waals surface area contributed by atoms with Crippen molar-refractivity contribution in [3.05, 3.63) is 29.3 Å². The minimum absolute atomic E-state index is 0.0344. The van der Waals surface area contributed by atoms with E-state index >= 15 is 0 Å². The summed E-state index contributed by atoms with van der Waals surface area (Å²) in [5.74, 6) is 0.382. The minimum Gasteiger partial charge on any atom is -0.497 e. The number of fused-ring (bicyclic) bond motifs is 3. The maximum absolute atomic E-state index is 13.0. The number of carbonyl (C=O) groups is 2. The van der Waals surface area contributed by atoms with Crippen molar-refractivity contribution in [1.82, 2.24) is 0 Å². The van der Waals surface area contributed by atoms with Crippen LogP contribution in [0.3, 0.4) is 0 Å². The van der Waals surface area contributed by atoms with E-state index < -0.39 is 10.2 Å². The number of rotatable bonds is 2. The van der Waals surface area contributed by atoms with Gasteiger partial charge < -0.3 is 9.47 Å². The molecule has 0 saturated heterocycles. The van der Waals surface area contributed by atoms with Crippen molar-refractivity contribution in [3.8, 4) is 5.75 Å². The Morgan fingerprint density at radius 2 is 1.96 bits per heavy atom. The van der Waals surface area contributed by atoms with Gasteiger partial charge in [0.15, 0.2) is 5.78 Å². The molecule has 0 radical (unpaired) electrons. The van der Waals surface area contributed by atoms with Crippen molar-refractivity contribution in [1.29, 1.82) is 0 Å². The molecule has 0 spiro atoms. The van der Waals surface area contributed by atoms with Gasteiger partial charge in [-0.05, 0) is 48.9 Å². The second kappa shape index (κ2) is 5.87. The molecule has 1 saturated carbocycles. The van der Waals surface area contributed by atoms with Crippen LogP contribution in [0.4, 0.5) is 0 Å². The molecular formula is C19H23BrO4. The van der Waals surface area contributed by atoms with Crippen molar-refractivity contribution in [2.45, 2.75) is 43.4 Å². The number of alkyl halides is 1. The SMILES string of the molecule is COC(=O)[C@@]1(C)CCC[C@]2(C)c3cc(OC)ccc3C(=O)[C@H](Br)[C@@H]12. The Hall–Kier alpha value is -1.36. The van der Waals surface area contributed by atoms with Gasteiger partial charge >= 0.3 is 5.97 Å². The Bertz CT molecular complexity index is 701. The highest BCUT2D eigenvalue weighted by molar-refractivity contribution is 9.10. The van der Waals surface area contributed by atoms with Crippen LogP contribution < -0.4 is 4.74 Å². The second-order valence-corrected chi connectivity index (χ2v) is 8.32. The van der Waals surface area contributed by atoms with Gasteiger partial charge in [0.1, 0.15) is 5.75 Å². The first-order valence-corrected chi connectivity index (χ1v) is 9.16. The molecule has 4 atom stereocenters. The number of Topliss-reactive ketones (excluding diaryl/α,β-unsaturated/α-hetero) is 1. The molecule has 130 valence electrons. The van der Waals surface area contributed by atoms with E-state index in [0.29, 0.717) is 0 Å². The highest BCUT2D eigenvalue weighted by Gasteiger charge is 2.60. The van der Waals surface area contributed by atoms with Gasteiger partial charge in [-0.2, -0.15) is 0 Å². The molecule has 3 rings (SSSR count). The average molecular weight is 395 g/mol. The Kier molecular flexibility index (Phi) is 4.27. The standard InChI is InChI=1S/C19H23BrO4/c1-18-8-5-9-19(2,17(22)24-4)16(18)14(20)15(21)12-7-6-11(23-3)10-13(12)18/h6-7,10,14,16H,5,8-9H2,1-4H3/t14-,16+,18+,19-/m0/s1. The average Bonchev–Trinajstić information content (AvgIpc) is 2.58. The summed E-state index contributed by atoms with van der Waals surface area (Å²) in [6.45, 7) is 4.10. The molecule has 2 aliphatic carbocycles. The predicted molar refractivity (Wildman–Crippen MR) is 94.9 cm³/mol. The minimum atomic E-state index is -0.688. The van der Waals surface area contributed by atoms with E-state index in [1.807, 2.05) is 25.1 Å². The van der Waals surface area contributed by atoms with Gasteiger partial charge in [-0.3, -0.25) is 9.59 Å². The summed E-state index contributed by atoms with van der Waals surface area (Å²) in [6, 6.07) is 5.63. The van der Waals surface area contributed by atoms with Crippen LogP contribution >= 0.6 is 15.9 Å². The lowest BCUT2D eigenvalue weighted by Crippen LogP contribution is -2.58. The summed E-state index contributed by atoms with van der Waals surface area (Å²) in [6.07, 6.45) is 2.58. The normalized spacial score (nSPS) is 35.0. The predicted octanol–water partition coefficient (Wildman–Crippen LogP) is 3.89. The molecular weight excluding hydrogens is 372 g/mol. The van der Waals surface area contributed by atoms with E-state index in [9.17, 15) is 9.59 Å². The summed E-state index contributed by atoms with van der Waals surface area (Å²) < 4.78 is 10.5. The quantitative estimate of drug-likeness (QED) is 0.563. The van der Waals surface area contributed by atoms with Crippen LogP contribution in [0.25, 0.3) is 0 Å². The van der Waals surface area contributed by atoms with Gasteiger partial charge in [0.2, 0.25) is 0 Å². The first kappa shape index (κ1) is 17.5. The van der Waals surface area contributed by atoms with Crippen LogP contribution in [0.5, 0.6) is 5.75 Å². The third-order valence-corrected chi connectivity index (χ3v) is 7.01. The lowest BCUT2D eigenvalue weighted by atomic mass is 9.49. The highest BCUT2D eigenvalue weighted by atomic mass is 79.9. The molecule has 24 heavy (non-hydrogen) atoms. The van der Waals surface area contributed by atoms with E-state index in [0.717, 1.165) is 36.1 Å². The van der Waals surface area contributed by atoms with E-state index in [2.05, 4.69) is 22.9 Å². The van der Waals surface area contributed by atoms with Crippen molar-refractivity contribution >= 4 is 27.7 Å². The molecule has 0 heterocycles. The zero-order valence-electron chi connectivity index (χ0n) is 14.5. The third kappa shape index (κ3) is 2.24. The van der Waals surface area contributed by atoms with E-state index in [1.165, 1.54) is 7.11 Å². The second-order valence-electron chi connectivity index (χ2n) is 7.34. The topological polar surface area (TPSA) is 52.6 Å². The first-order chi connectivity index (χ1) is 11.3. The summed E-state index contributed by atoms with van der Waals surface area (Å²) >= 11 is 3.62. The maximum atomic E-state index is 13.0. The van der Waals surface area contributed by atoms with Crippen LogP contribution in [0, 0.1) is 11.3 Å². The van der Waals surface area contributed by atoms with Crippen LogP contribution in [0.2, 0.25) is 0 Å². The molecule has 0 unspecified atom stereocenters. The molecule has 0 N–H and O–H groups in total. The molecule has 4 nitrogen and oxygen atoms in total. The molecule has 0 bridgehead atoms. The number of benzene rings is 1. The Morgan fingerprint density at radius 3 is 2.58 bits per heavy atom. The number of halogens is 1. The largest absolute Gasteiger partial charge is 0.497 e. The van der Waals surface area contributed by atoms with Gasteiger partial charge in [0, 0.05) is 11.5 Å². The fourth-order valence-corrected chi connectivity index (χ4v) is 6.30. The Morgan fingerprint density at radius 1 is 1.25 bits per heavy atom. The molecule has 1 aromatic rings. The van der Waals surface area contributed by atoms with Gasteiger partial charge in [-0.1, -0.05) is 29.3 Å². The molecule has 2 aliphatic rings. The molecule has 0 amide bonds. The zero-order valence-corrected chi connectivity index (χ0v) is 16.1. The number of ether oxygens (including phenoxy) is 2. The Labute approximate surface area is 151 Å². The molecule has 5 heteroatoms. The van der Waals surface area contributed by atoms with Crippen LogP contribution in [-0.4, -0.2) is 30.8 Å². The van der Waals surface area contributed by atoms with Crippen molar-refractivity contribution in [2.75, 3.05) is 14.2 Å². The number of hydrogen-bond acceptors (Lipinski definition) is 4. The zero-order chi connectivity index (χ0) is 17.7. The van der Waals surface area contributed by atoms with Gasteiger partial charge in [-0.25, -0.2) is 0 Å². The van der Waals surface area contributed by atoms with E-state index in [-0.39, 0.29) is 23.1 Å². The van der Waals surface area contributed by atoms with Crippen molar-refractivity contribution in [3.63, 3.8) is 0 Å².